The molecular formula is C92H126N10O13. The molecule has 622 valence electrons. The highest BCUT2D eigenvalue weighted by Gasteiger charge is 2.60. The summed E-state index contributed by atoms with van der Waals surface area (Å²) in [6.45, 7) is 23.1. The third-order valence-electron chi connectivity index (χ3n) is 27.5. The van der Waals surface area contributed by atoms with Crippen molar-refractivity contribution in [3.63, 3.8) is 0 Å². The monoisotopic (exact) mass is 1580 g/mol. The van der Waals surface area contributed by atoms with Gasteiger partial charge in [-0.25, -0.2) is 0 Å². The summed E-state index contributed by atoms with van der Waals surface area (Å²) >= 11 is 0. The van der Waals surface area contributed by atoms with Crippen molar-refractivity contribution < 1.29 is 63.5 Å². The van der Waals surface area contributed by atoms with Crippen molar-refractivity contribution in [1.82, 2.24) is 40.8 Å². The Balaban J connectivity index is 0.000000208. The molecule has 115 heavy (non-hydrogen) atoms. The van der Waals surface area contributed by atoms with E-state index in [2.05, 4.69) is 106 Å². The summed E-state index contributed by atoms with van der Waals surface area (Å²) < 4.78 is 12.3. The summed E-state index contributed by atoms with van der Waals surface area (Å²) in [4.78, 5) is 88.6. The van der Waals surface area contributed by atoms with Crippen LogP contribution in [0.2, 0.25) is 0 Å². The Morgan fingerprint density at radius 3 is 1.37 bits per heavy atom. The third kappa shape index (κ3) is 17.9. The van der Waals surface area contributed by atoms with E-state index in [0.29, 0.717) is 71.2 Å². The topological polar surface area (TPSA) is 262 Å². The van der Waals surface area contributed by atoms with Gasteiger partial charge in [-0.1, -0.05) is 139 Å². The number of anilines is 2. The second-order valence-corrected chi connectivity index (χ2v) is 35.4. The number of methoxy groups -OCH3 is 2. The Kier molecular flexibility index (Phi) is 27.4. The van der Waals surface area contributed by atoms with Crippen LogP contribution in [0.5, 0.6) is 11.5 Å². The molecule has 0 unspecified atom stereocenters. The van der Waals surface area contributed by atoms with E-state index in [9.17, 15) is 39.6 Å². The standard InChI is InChI=1S/C46H63N5O6.C45H61N5O6.CH2O/c1-28-38-23-34(46(38,3)4)24-39(28)47-44(54)42-41(29(2)53)40(27-52)57-51(42)25-31-15-12-16-37(43(31)56-8)32-20-33(22-35(21-32)48(5)6)45(55)50-18-17-49(7)26-36(50)19-30-13-10-9-11-14-30;1-27-37-22-33(45(37,3)4)23-38(27)47-43(53)41-40(28(2)52)39(26-51)56-50(41)25-30-14-11-15-36(42(30)55-7)31-19-32(21-34(20-31)48(5)6)44(54)49-17-16-46-24-35(49)18-29-12-9-8-10-13-29;1-2/h9-16,20-22,28-29,34,36,38-42,52-53H,17-19,23-27H2,1-8H3,(H,47,54);8-15,19-21,27-28,33,35,37-41,46,51-52H,16-18,22-26H2,1-7H3,(H,47,53);1H2/t28-,29-,34+,36-,38-,39-,40-,41+,42-;27-,28-,33+,35-,37-,38-,39-,40+,41-;/m00./s1. The van der Waals surface area contributed by atoms with Gasteiger partial charge in [0.15, 0.2) is 0 Å². The number of aliphatic hydroxyl groups excluding tert-OH is 4. The van der Waals surface area contributed by atoms with Crippen LogP contribution in [0.25, 0.3) is 22.3 Å². The van der Waals surface area contributed by atoms with E-state index in [4.69, 9.17) is 23.9 Å². The number of ether oxygens (including phenoxy) is 2. The number of fused-ring (bicyclic) bond motifs is 4. The lowest BCUT2D eigenvalue weighted by Crippen LogP contribution is -2.62. The molecule has 0 spiro atoms. The summed E-state index contributed by atoms with van der Waals surface area (Å²) in [7, 11) is 13.2. The number of nitrogens with zero attached hydrogens (tertiary/aromatic N) is 7. The van der Waals surface area contributed by atoms with Crippen molar-refractivity contribution >= 4 is 41.8 Å². The molecule has 4 amide bonds. The second-order valence-electron chi connectivity index (χ2n) is 35.4. The molecule has 10 fully saturated rings. The Bertz CT molecular complexity index is 4340. The molecular weight excluding hydrogens is 1450 g/mol. The summed E-state index contributed by atoms with van der Waals surface area (Å²) in [6.07, 6.45) is 2.51. The number of aliphatic hydroxyl groups is 4. The Labute approximate surface area is 680 Å². The summed E-state index contributed by atoms with van der Waals surface area (Å²) in [5.41, 5.74) is 10.7. The molecule has 23 heteroatoms. The van der Waals surface area contributed by atoms with Crippen LogP contribution in [-0.2, 0) is 50.0 Å². The number of amides is 4. The van der Waals surface area contributed by atoms with Gasteiger partial charge in [0.25, 0.3) is 11.8 Å². The van der Waals surface area contributed by atoms with Gasteiger partial charge in [0.2, 0.25) is 11.8 Å². The van der Waals surface area contributed by atoms with Gasteiger partial charge in [0, 0.05) is 148 Å². The van der Waals surface area contributed by atoms with Crippen molar-refractivity contribution in [2.24, 2.45) is 58.2 Å². The molecule has 4 bridgehead atoms. The molecule has 4 aliphatic heterocycles. The fourth-order valence-electron chi connectivity index (χ4n) is 20.7. The van der Waals surface area contributed by atoms with Crippen molar-refractivity contribution in [1.29, 1.82) is 0 Å². The number of carbonyl (C=O) groups is 5. The molecule has 4 saturated heterocycles. The van der Waals surface area contributed by atoms with Crippen molar-refractivity contribution in [2.75, 3.05) is 112 Å². The average molecular weight is 1580 g/mol. The maximum Gasteiger partial charge on any atom is 0.254 e. The molecule has 6 aromatic carbocycles. The molecule has 0 radical (unpaired) electrons. The fourth-order valence-corrected chi connectivity index (χ4v) is 20.7. The van der Waals surface area contributed by atoms with E-state index in [1.807, 2.05) is 152 Å². The third-order valence-corrected chi connectivity index (χ3v) is 27.5. The van der Waals surface area contributed by atoms with Crippen LogP contribution in [0, 0.1) is 58.2 Å². The first-order valence-corrected chi connectivity index (χ1v) is 41.4. The van der Waals surface area contributed by atoms with E-state index in [1.54, 1.807) is 38.2 Å². The summed E-state index contributed by atoms with van der Waals surface area (Å²) in [5, 5.41) is 56.3. The predicted molar refractivity (Wildman–Crippen MR) is 448 cm³/mol. The van der Waals surface area contributed by atoms with E-state index in [-0.39, 0.29) is 84.9 Å². The quantitative estimate of drug-likeness (QED) is 0.0297. The van der Waals surface area contributed by atoms with Crippen LogP contribution in [0.1, 0.15) is 124 Å². The molecule has 0 aromatic heterocycles. The largest absolute Gasteiger partial charge is 0.496 e. The second kappa shape index (κ2) is 36.7. The summed E-state index contributed by atoms with van der Waals surface area (Å²) in [6, 6.07) is 42.8. The lowest BCUT2D eigenvalue weighted by Gasteiger charge is -2.62. The fraction of sp³-hybridized carbons (Fsp3) is 0.554. The highest BCUT2D eigenvalue weighted by Crippen LogP contribution is 2.62. The maximum atomic E-state index is 14.5. The number of para-hydroxylation sites is 2. The molecule has 6 aliphatic carbocycles. The van der Waals surface area contributed by atoms with Crippen molar-refractivity contribution in [3.05, 3.63) is 167 Å². The Morgan fingerprint density at radius 2 is 0.991 bits per heavy atom. The van der Waals surface area contributed by atoms with Gasteiger partial charge < -0.3 is 75.1 Å². The molecule has 6 saturated carbocycles. The highest BCUT2D eigenvalue weighted by atomic mass is 16.7. The van der Waals surface area contributed by atoms with Gasteiger partial charge in [-0.05, 0) is 164 Å². The smallest absolute Gasteiger partial charge is 0.254 e. The van der Waals surface area contributed by atoms with Crippen LogP contribution >= 0.6 is 0 Å². The van der Waals surface area contributed by atoms with Crippen LogP contribution in [-0.4, -0.2) is 238 Å². The first-order valence-electron chi connectivity index (χ1n) is 41.4. The zero-order chi connectivity index (χ0) is 82.6. The summed E-state index contributed by atoms with van der Waals surface area (Å²) in [5.74, 6) is 2.43. The van der Waals surface area contributed by atoms with Gasteiger partial charge in [0.05, 0.1) is 52.7 Å². The number of nitrogens with one attached hydrogen (secondary N) is 3. The first-order chi connectivity index (χ1) is 55.0. The lowest BCUT2D eigenvalue weighted by atomic mass is 9.45. The molecule has 18 atom stereocenters. The van der Waals surface area contributed by atoms with E-state index >= 15 is 0 Å². The zero-order valence-electron chi connectivity index (χ0n) is 70.2. The van der Waals surface area contributed by atoms with Crippen LogP contribution in [0.3, 0.4) is 0 Å². The molecule has 16 rings (SSSR count). The number of hydroxylamine groups is 4. The minimum absolute atomic E-state index is 0.00390. The van der Waals surface area contributed by atoms with Crippen LogP contribution < -0.4 is 35.2 Å². The Morgan fingerprint density at radius 1 is 0.574 bits per heavy atom. The van der Waals surface area contributed by atoms with Gasteiger partial charge in [0.1, 0.15) is 42.6 Å². The van der Waals surface area contributed by atoms with Gasteiger partial charge in [-0.2, -0.15) is 10.1 Å². The zero-order valence-corrected chi connectivity index (χ0v) is 70.2. The van der Waals surface area contributed by atoms with Gasteiger partial charge in [-0.3, -0.25) is 28.9 Å². The van der Waals surface area contributed by atoms with Crippen LogP contribution in [0.15, 0.2) is 133 Å². The number of hydrogen-bond acceptors (Lipinski definition) is 19. The number of rotatable bonds is 24. The number of hydrogen-bond donors (Lipinski definition) is 7. The van der Waals surface area contributed by atoms with E-state index in [0.717, 1.165) is 96.6 Å². The molecule has 4 heterocycles. The predicted octanol–water partition coefficient (Wildman–Crippen LogP) is 9.65. The van der Waals surface area contributed by atoms with Gasteiger partial charge in [-0.15, -0.1) is 0 Å². The molecule has 6 aromatic rings. The number of piperazine rings is 2. The minimum Gasteiger partial charge on any atom is -0.496 e. The molecule has 23 nitrogen and oxygen atoms in total. The van der Waals surface area contributed by atoms with Crippen molar-refractivity contribution in [2.45, 2.75) is 168 Å². The normalized spacial score (nSPS) is 28.5. The number of likely N-dealkylation sites (N-methyl/N-ethyl adjacent to an activating group) is 1. The van der Waals surface area contributed by atoms with E-state index < -0.39 is 48.3 Å². The SMILES string of the molecule is C=O.COc1c(CN2O[C@@H](CO)[C@@H]([C@H](C)O)[C@H]2C(=O)N[C@H]2C[C@H]3C[C@@H]([C@@H]2C)C3(C)C)cccc1-c1cc(C(=O)N2CCN(C)C[C@@H]2Cc2ccccc2)cc(N(C)C)c1.COc1c(CN2O[C@@H](CO)[C@@H]([C@H](C)O)[C@H]2C(=O)N[C@H]2C[C@H]3C[C@@H]([C@@H]2C)C3(C)C)cccc1-c1cc(C(=O)N2CCNC[C@@H]2Cc2ccccc2)cc(N(C)C)c1. The van der Waals surface area contributed by atoms with E-state index in [1.165, 1.54) is 24.0 Å². The first kappa shape index (κ1) is 86.0. The maximum absolute atomic E-state index is 14.5. The number of carbonyl (C=O) groups excluding carboxylic acids is 5. The lowest BCUT2D eigenvalue weighted by molar-refractivity contribution is -0.183. The molecule has 7 N–H and O–H groups in total. The highest BCUT2D eigenvalue weighted by molar-refractivity contribution is 5.99. The van der Waals surface area contributed by atoms with Gasteiger partial charge >= 0.3 is 0 Å². The van der Waals surface area contributed by atoms with Crippen molar-refractivity contribution in [3.8, 4) is 33.8 Å². The Hall–Kier alpha value is -8.33. The van der Waals surface area contributed by atoms with Crippen LogP contribution in [0.4, 0.5) is 11.4 Å². The minimum atomic E-state index is -0.899. The molecule has 10 aliphatic rings. The number of benzene rings is 6. The average Bonchev–Trinajstić information content (AvgIpc) is 1.65.